The number of benzene rings is 1. The predicted molar refractivity (Wildman–Crippen MR) is 65.7 cm³/mol. The van der Waals surface area contributed by atoms with Crippen LogP contribution in [-0.2, 0) is 4.74 Å². The normalized spacial score (nSPS) is 14.6. The van der Waals surface area contributed by atoms with Crippen molar-refractivity contribution in [1.29, 1.82) is 0 Å². The lowest BCUT2D eigenvalue weighted by Gasteiger charge is -2.17. The van der Waals surface area contributed by atoms with Crippen LogP contribution in [0.4, 0.5) is 0 Å². The summed E-state index contributed by atoms with van der Waals surface area (Å²) in [5.41, 5.74) is 8.06. The van der Waals surface area contributed by atoms with E-state index < -0.39 is 0 Å². The Morgan fingerprint density at radius 2 is 2.00 bits per heavy atom. The zero-order valence-electron chi connectivity index (χ0n) is 10.5. The van der Waals surface area contributed by atoms with Gasteiger partial charge in [0.1, 0.15) is 11.9 Å². The van der Waals surface area contributed by atoms with Gasteiger partial charge in [-0.05, 0) is 38.0 Å². The Labute approximate surface area is 97.6 Å². The molecule has 3 nitrogen and oxygen atoms in total. The summed E-state index contributed by atoms with van der Waals surface area (Å²) >= 11 is 0. The number of aryl methyl sites for hydroxylation is 1. The number of hydrogen-bond donors (Lipinski definition) is 1. The van der Waals surface area contributed by atoms with Crippen LogP contribution < -0.4 is 10.5 Å². The second-order valence-corrected chi connectivity index (χ2v) is 4.20. The van der Waals surface area contributed by atoms with Crippen molar-refractivity contribution < 1.29 is 9.47 Å². The highest BCUT2D eigenvalue weighted by molar-refractivity contribution is 5.37. The fourth-order valence-electron chi connectivity index (χ4n) is 1.57. The minimum atomic E-state index is 0.0594. The Balaban J connectivity index is 2.75. The molecular formula is C13H21NO2. The van der Waals surface area contributed by atoms with E-state index in [9.17, 15) is 0 Å². The molecule has 0 amide bonds. The van der Waals surface area contributed by atoms with E-state index in [4.69, 9.17) is 15.2 Å². The highest BCUT2D eigenvalue weighted by Gasteiger charge is 2.07. The van der Waals surface area contributed by atoms with Crippen molar-refractivity contribution in [3.8, 4) is 5.75 Å². The number of methoxy groups -OCH3 is 1. The molecule has 0 heterocycles. The van der Waals surface area contributed by atoms with Gasteiger partial charge in [0, 0.05) is 13.2 Å². The largest absolute Gasteiger partial charge is 0.488 e. The minimum Gasteiger partial charge on any atom is -0.488 e. The van der Waals surface area contributed by atoms with Crippen LogP contribution >= 0.6 is 0 Å². The maximum Gasteiger partial charge on any atom is 0.122 e. The van der Waals surface area contributed by atoms with Crippen LogP contribution in [0.1, 0.15) is 31.0 Å². The van der Waals surface area contributed by atoms with E-state index in [0.29, 0.717) is 6.61 Å². The molecule has 0 aliphatic heterocycles. The first-order chi connectivity index (χ1) is 7.54. The summed E-state index contributed by atoms with van der Waals surface area (Å²) in [6.07, 6.45) is 0.0600. The van der Waals surface area contributed by atoms with Crippen molar-refractivity contribution in [3.05, 3.63) is 29.3 Å². The van der Waals surface area contributed by atoms with Crippen LogP contribution in [0.25, 0.3) is 0 Å². The number of nitrogens with two attached hydrogens (primary N) is 1. The molecule has 1 aromatic carbocycles. The second kappa shape index (κ2) is 5.87. The number of ether oxygens (including phenoxy) is 2. The quantitative estimate of drug-likeness (QED) is 0.833. The lowest BCUT2D eigenvalue weighted by atomic mass is 10.1. The molecule has 1 rings (SSSR count). The summed E-state index contributed by atoms with van der Waals surface area (Å²) in [5, 5.41) is 0. The average Bonchev–Trinajstić information content (AvgIpc) is 2.21. The Morgan fingerprint density at radius 3 is 2.50 bits per heavy atom. The smallest absolute Gasteiger partial charge is 0.122 e. The van der Waals surface area contributed by atoms with Gasteiger partial charge in [0.05, 0.1) is 6.61 Å². The second-order valence-electron chi connectivity index (χ2n) is 4.20. The topological polar surface area (TPSA) is 44.5 Å². The van der Waals surface area contributed by atoms with Gasteiger partial charge in [-0.3, -0.25) is 0 Å². The highest BCUT2D eigenvalue weighted by Crippen LogP contribution is 2.22. The van der Waals surface area contributed by atoms with E-state index in [1.807, 2.05) is 32.9 Å². The summed E-state index contributed by atoms with van der Waals surface area (Å²) in [6.45, 7) is 6.58. The van der Waals surface area contributed by atoms with Crippen LogP contribution in [0, 0.1) is 6.92 Å². The van der Waals surface area contributed by atoms with E-state index in [2.05, 4.69) is 6.07 Å². The summed E-state index contributed by atoms with van der Waals surface area (Å²) in [7, 11) is 1.67. The molecule has 0 bridgehead atoms. The molecule has 3 heteroatoms. The molecule has 2 N–H and O–H groups in total. The van der Waals surface area contributed by atoms with Crippen molar-refractivity contribution in [1.82, 2.24) is 0 Å². The first-order valence-electron chi connectivity index (χ1n) is 5.56. The van der Waals surface area contributed by atoms with Crippen LogP contribution in [0.15, 0.2) is 18.2 Å². The highest BCUT2D eigenvalue weighted by atomic mass is 16.5. The Hall–Kier alpha value is -1.06. The number of hydrogen-bond acceptors (Lipinski definition) is 3. The molecule has 2 atom stereocenters. The fraction of sp³-hybridized carbons (Fsp3) is 0.538. The van der Waals surface area contributed by atoms with Crippen molar-refractivity contribution >= 4 is 0 Å². The van der Waals surface area contributed by atoms with Gasteiger partial charge in [-0.1, -0.05) is 12.1 Å². The monoisotopic (exact) mass is 223 g/mol. The molecule has 0 radical (unpaired) electrons. The molecule has 0 aliphatic carbocycles. The molecule has 0 fully saturated rings. The van der Waals surface area contributed by atoms with Crippen molar-refractivity contribution in [2.75, 3.05) is 13.7 Å². The van der Waals surface area contributed by atoms with E-state index >= 15 is 0 Å². The lowest BCUT2D eigenvalue weighted by Crippen LogP contribution is -2.18. The van der Waals surface area contributed by atoms with Crippen molar-refractivity contribution in [3.63, 3.8) is 0 Å². The van der Waals surface area contributed by atoms with Gasteiger partial charge in [-0.2, -0.15) is 0 Å². The Morgan fingerprint density at radius 1 is 1.31 bits per heavy atom. The minimum absolute atomic E-state index is 0.0594. The standard InChI is InChI=1S/C13H21NO2/c1-9-7-12(11(3)14)5-6-13(9)16-10(2)8-15-4/h5-7,10-11H,8,14H2,1-4H3/t10?,11-/m1/s1. The maximum absolute atomic E-state index is 5.82. The van der Waals surface area contributed by atoms with Gasteiger partial charge in [-0.25, -0.2) is 0 Å². The Kier molecular flexibility index (Phi) is 4.77. The molecule has 1 unspecified atom stereocenters. The van der Waals surface area contributed by atoms with Crippen LogP contribution in [0.3, 0.4) is 0 Å². The van der Waals surface area contributed by atoms with Crippen LogP contribution in [0.5, 0.6) is 5.75 Å². The van der Waals surface area contributed by atoms with Gasteiger partial charge < -0.3 is 15.2 Å². The maximum atomic E-state index is 5.82. The molecular weight excluding hydrogens is 202 g/mol. The first-order valence-corrected chi connectivity index (χ1v) is 5.56. The van der Waals surface area contributed by atoms with Crippen molar-refractivity contribution in [2.45, 2.75) is 32.9 Å². The van der Waals surface area contributed by atoms with E-state index in [-0.39, 0.29) is 12.1 Å². The predicted octanol–water partition coefficient (Wildman–Crippen LogP) is 2.43. The van der Waals surface area contributed by atoms with E-state index in [1.165, 1.54) is 0 Å². The van der Waals surface area contributed by atoms with Gasteiger partial charge in [0.25, 0.3) is 0 Å². The first kappa shape index (κ1) is 13.0. The van der Waals surface area contributed by atoms with Gasteiger partial charge >= 0.3 is 0 Å². The van der Waals surface area contributed by atoms with Crippen LogP contribution in [0.2, 0.25) is 0 Å². The summed E-state index contributed by atoms with van der Waals surface area (Å²) in [4.78, 5) is 0. The molecule has 90 valence electrons. The molecule has 0 saturated carbocycles. The summed E-state index contributed by atoms with van der Waals surface area (Å²) in [6, 6.07) is 6.11. The van der Waals surface area contributed by atoms with Crippen molar-refractivity contribution in [2.24, 2.45) is 5.73 Å². The molecule has 16 heavy (non-hydrogen) atoms. The van der Waals surface area contributed by atoms with Gasteiger partial charge in [-0.15, -0.1) is 0 Å². The van der Waals surface area contributed by atoms with Crippen LogP contribution in [-0.4, -0.2) is 19.8 Å². The van der Waals surface area contributed by atoms with Gasteiger partial charge in [0.2, 0.25) is 0 Å². The van der Waals surface area contributed by atoms with Gasteiger partial charge in [0.15, 0.2) is 0 Å². The molecule has 0 spiro atoms. The SMILES string of the molecule is COCC(C)Oc1ccc([C@@H](C)N)cc1C. The third-order valence-corrected chi connectivity index (χ3v) is 2.45. The summed E-state index contributed by atoms with van der Waals surface area (Å²) < 4.78 is 10.8. The number of rotatable bonds is 5. The van der Waals surface area contributed by atoms with E-state index in [0.717, 1.165) is 16.9 Å². The zero-order valence-corrected chi connectivity index (χ0v) is 10.5. The molecule has 0 aromatic heterocycles. The molecule has 0 saturated heterocycles. The Bertz CT molecular complexity index is 337. The molecule has 0 aliphatic rings. The molecule has 1 aromatic rings. The zero-order chi connectivity index (χ0) is 12.1. The fourth-order valence-corrected chi connectivity index (χ4v) is 1.57. The van der Waals surface area contributed by atoms with E-state index in [1.54, 1.807) is 7.11 Å². The average molecular weight is 223 g/mol. The lowest BCUT2D eigenvalue weighted by molar-refractivity contribution is 0.0916. The summed E-state index contributed by atoms with van der Waals surface area (Å²) in [5.74, 6) is 0.897. The third kappa shape index (κ3) is 3.51. The third-order valence-electron chi connectivity index (χ3n) is 2.45.